The molecular weight excluding hydrogens is 456 g/mol. The Hall–Kier alpha value is -4.11. The van der Waals surface area contributed by atoms with Gasteiger partial charge in [0.1, 0.15) is 5.69 Å². The number of benzene rings is 2. The van der Waals surface area contributed by atoms with E-state index < -0.39 is 0 Å². The van der Waals surface area contributed by atoms with E-state index in [-0.39, 0.29) is 5.91 Å². The number of H-pyrrole nitrogens is 1. The first-order valence-corrected chi connectivity index (χ1v) is 12.1. The molecule has 1 saturated heterocycles. The van der Waals surface area contributed by atoms with Crippen molar-refractivity contribution in [1.82, 2.24) is 25.2 Å². The number of hydrogen-bond donors (Lipinski definition) is 3. The summed E-state index contributed by atoms with van der Waals surface area (Å²) in [6.45, 7) is 3.79. The molecule has 0 saturated carbocycles. The zero-order chi connectivity index (χ0) is 24.9. The second-order valence-corrected chi connectivity index (χ2v) is 8.75. The third-order valence-corrected chi connectivity index (χ3v) is 6.37. The van der Waals surface area contributed by atoms with Crippen LogP contribution >= 0.6 is 0 Å². The normalized spacial score (nSPS) is 13.6. The van der Waals surface area contributed by atoms with Gasteiger partial charge in [0.05, 0.1) is 19.9 Å². The number of methoxy groups -OCH3 is 2. The molecular formula is C27H30N6O3. The molecule has 0 atom stereocenters. The number of aromatic amines is 1. The van der Waals surface area contributed by atoms with Gasteiger partial charge in [0.25, 0.3) is 5.91 Å². The minimum absolute atomic E-state index is 0.0918. The Morgan fingerprint density at radius 3 is 2.67 bits per heavy atom. The fourth-order valence-electron chi connectivity index (χ4n) is 4.47. The summed E-state index contributed by atoms with van der Waals surface area (Å²) in [4.78, 5) is 27.2. The molecule has 1 amide bonds. The number of anilines is 2. The van der Waals surface area contributed by atoms with Crippen LogP contribution in [0.5, 0.6) is 11.5 Å². The molecule has 4 aromatic rings. The summed E-state index contributed by atoms with van der Waals surface area (Å²) in [7, 11) is 3.21. The molecule has 2 aromatic carbocycles. The fourth-order valence-corrected chi connectivity index (χ4v) is 4.47. The zero-order valence-electron chi connectivity index (χ0n) is 20.5. The van der Waals surface area contributed by atoms with Gasteiger partial charge in [-0.1, -0.05) is 0 Å². The van der Waals surface area contributed by atoms with Crippen molar-refractivity contribution in [1.29, 1.82) is 0 Å². The Balaban J connectivity index is 1.27. The van der Waals surface area contributed by atoms with Crippen molar-refractivity contribution in [2.24, 2.45) is 0 Å². The first-order valence-electron chi connectivity index (χ1n) is 12.1. The van der Waals surface area contributed by atoms with Crippen LogP contribution in [0.4, 0.5) is 11.6 Å². The molecule has 186 valence electrons. The third kappa shape index (κ3) is 5.26. The number of carbonyl (C=O) groups is 1. The molecule has 9 nitrogen and oxygen atoms in total. The first-order chi connectivity index (χ1) is 17.6. The number of carbonyl (C=O) groups excluding carboxylic acids is 1. The standard InChI is InChI=1S/C27H30N6O3/c1-35-24-8-5-18(17-25(24)36-2)22-9-10-29-27(32-22)30-20-6-7-21-19(15-20)16-23(31-21)26(34)28-11-14-33-12-3-4-13-33/h5-10,15-17,31H,3-4,11-14H2,1-2H3,(H,28,34)(H,29,30,32). The van der Waals surface area contributed by atoms with Gasteiger partial charge in [-0.05, 0) is 74.5 Å². The molecule has 3 N–H and O–H groups in total. The van der Waals surface area contributed by atoms with Crippen LogP contribution in [0.2, 0.25) is 0 Å². The van der Waals surface area contributed by atoms with Crippen LogP contribution in [-0.4, -0.2) is 66.2 Å². The van der Waals surface area contributed by atoms with Gasteiger partial charge in [0, 0.05) is 41.4 Å². The molecule has 36 heavy (non-hydrogen) atoms. The third-order valence-electron chi connectivity index (χ3n) is 6.37. The Kier molecular flexibility index (Phi) is 6.99. The van der Waals surface area contributed by atoms with Gasteiger partial charge in [0.2, 0.25) is 5.95 Å². The molecule has 5 rings (SSSR count). The molecule has 0 aliphatic carbocycles. The summed E-state index contributed by atoms with van der Waals surface area (Å²) in [5, 5.41) is 7.21. The SMILES string of the molecule is COc1ccc(-c2ccnc(Nc3ccc4[nH]c(C(=O)NCCN5CCCC5)cc4c3)n2)cc1OC. The average molecular weight is 487 g/mol. The molecule has 3 heterocycles. The van der Waals surface area contributed by atoms with E-state index >= 15 is 0 Å². The van der Waals surface area contributed by atoms with Crippen LogP contribution in [0.15, 0.2) is 54.7 Å². The number of fused-ring (bicyclic) bond motifs is 1. The van der Waals surface area contributed by atoms with Crippen molar-refractivity contribution in [3.8, 4) is 22.8 Å². The molecule has 2 aromatic heterocycles. The van der Waals surface area contributed by atoms with Crippen molar-refractivity contribution in [2.45, 2.75) is 12.8 Å². The summed E-state index contributed by atoms with van der Waals surface area (Å²) in [6.07, 6.45) is 4.20. The van der Waals surface area contributed by atoms with Crippen molar-refractivity contribution in [3.63, 3.8) is 0 Å². The van der Waals surface area contributed by atoms with E-state index in [1.807, 2.05) is 48.5 Å². The quantitative estimate of drug-likeness (QED) is 0.326. The minimum atomic E-state index is -0.0918. The highest BCUT2D eigenvalue weighted by Crippen LogP contribution is 2.32. The molecule has 0 radical (unpaired) electrons. The first kappa shape index (κ1) is 23.6. The number of amides is 1. The zero-order valence-corrected chi connectivity index (χ0v) is 20.5. The van der Waals surface area contributed by atoms with E-state index in [4.69, 9.17) is 9.47 Å². The van der Waals surface area contributed by atoms with Crippen LogP contribution in [0.25, 0.3) is 22.2 Å². The molecule has 1 fully saturated rings. The molecule has 0 bridgehead atoms. The number of aromatic nitrogens is 3. The summed E-state index contributed by atoms with van der Waals surface area (Å²) in [5.41, 5.74) is 3.91. The Morgan fingerprint density at radius 2 is 1.86 bits per heavy atom. The summed E-state index contributed by atoms with van der Waals surface area (Å²) in [5.74, 6) is 1.67. The van der Waals surface area contributed by atoms with Gasteiger partial charge < -0.3 is 30.0 Å². The van der Waals surface area contributed by atoms with Crippen LogP contribution in [0.1, 0.15) is 23.3 Å². The smallest absolute Gasteiger partial charge is 0.267 e. The molecule has 0 spiro atoms. The van der Waals surface area contributed by atoms with Crippen molar-refractivity contribution >= 4 is 28.4 Å². The average Bonchev–Trinajstić information content (AvgIpc) is 3.58. The minimum Gasteiger partial charge on any atom is -0.493 e. The maximum Gasteiger partial charge on any atom is 0.267 e. The lowest BCUT2D eigenvalue weighted by Crippen LogP contribution is -2.33. The summed E-state index contributed by atoms with van der Waals surface area (Å²) in [6, 6.07) is 15.2. The van der Waals surface area contributed by atoms with Crippen LogP contribution in [0, 0.1) is 0 Å². The van der Waals surface area contributed by atoms with Gasteiger partial charge in [-0.25, -0.2) is 9.97 Å². The number of nitrogens with one attached hydrogen (secondary N) is 3. The van der Waals surface area contributed by atoms with Crippen molar-refractivity contribution in [2.75, 3.05) is 45.7 Å². The van der Waals surface area contributed by atoms with Gasteiger partial charge in [0.15, 0.2) is 11.5 Å². The van der Waals surface area contributed by atoms with Gasteiger partial charge in [-0.3, -0.25) is 4.79 Å². The van der Waals surface area contributed by atoms with Gasteiger partial charge in [-0.15, -0.1) is 0 Å². The molecule has 1 aliphatic heterocycles. The van der Waals surface area contributed by atoms with Crippen molar-refractivity contribution < 1.29 is 14.3 Å². The van der Waals surface area contributed by atoms with E-state index in [1.54, 1.807) is 20.4 Å². The summed E-state index contributed by atoms with van der Waals surface area (Å²) < 4.78 is 10.7. The second-order valence-electron chi connectivity index (χ2n) is 8.75. The number of hydrogen-bond acceptors (Lipinski definition) is 7. The predicted molar refractivity (Wildman–Crippen MR) is 140 cm³/mol. The lowest BCUT2D eigenvalue weighted by Gasteiger charge is -2.14. The summed E-state index contributed by atoms with van der Waals surface area (Å²) >= 11 is 0. The lowest BCUT2D eigenvalue weighted by molar-refractivity contribution is 0.0945. The highest BCUT2D eigenvalue weighted by atomic mass is 16.5. The van der Waals surface area contributed by atoms with Crippen molar-refractivity contribution in [3.05, 3.63) is 60.4 Å². The maximum atomic E-state index is 12.6. The van der Waals surface area contributed by atoms with Crippen LogP contribution < -0.4 is 20.1 Å². The Morgan fingerprint density at radius 1 is 1.03 bits per heavy atom. The van der Waals surface area contributed by atoms with E-state index in [1.165, 1.54) is 12.8 Å². The number of likely N-dealkylation sites (tertiary alicyclic amines) is 1. The highest BCUT2D eigenvalue weighted by Gasteiger charge is 2.14. The van der Waals surface area contributed by atoms with E-state index in [2.05, 4.69) is 30.5 Å². The number of nitrogens with zero attached hydrogens (tertiary/aromatic N) is 3. The van der Waals surface area contributed by atoms with Crippen LogP contribution in [0.3, 0.4) is 0 Å². The van der Waals surface area contributed by atoms with E-state index in [9.17, 15) is 4.79 Å². The molecule has 9 heteroatoms. The predicted octanol–water partition coefficient (Wildman–Crippen LogP) is 4.21. The van der Waals surface area contributed by atoms with Gasteiger partial charge in [-0.2, -0.15) is 0 Å². The number of rotatable bonds is 9. The Bertz CT molecular complexity index is 1360. The highest BCUT2D eigenvalue weighted by molar-refractivity contribution is 5.98. The lowest BCUT2D eigenvalue weighted by atomic mass is 10.1. The second kappa shape index (κ2) is 10.7. The maximum absolute atomic E-state index is 12.6. The fraction of sp³-hybridized carbons (Fsp3) is 0.296. The van der Waals surface area contributed by atoms with Crippen LogP contribution in [-0.2, 0) is 0 Å². The van der Waals surface area contributed by atoms with E-state index in [0.717, 1.165) is 47.5 Å². The molecule has 0 unspecified atom stereocenters. The largest absolute Gasteiger partial charge is 0.493 e. The Labute approximate surface area is 209 Å². The molecule has 1 aliphatic rings. The van der Waals surface area contributed by atoms with E-state index in [0.29, 0.717) is 29.7 Å². The number of ether oxygens (including phenoxy) is 2. The topological polar surface area (TPSA) is 104 Å². The monoisotopic (exact) mass is 486 g/mol. The van der Waals surface area contributed by atoms with Gasteiger partial charge >= 0.3 is 0 Å².